The molecule has 1 aromatic rings. The highest BCUT2D eigenvalue weighted by Crippen LogP contribution is 2.11. The van der Waals surface area contributed by atoms with Gasteiger partial charge in [-0.2, -0.15) is 0 Å². The van der Waals surface area contributed by atoms with E-state index in [2.05, 4.69) is 66.0 Å². The maximum atomic E-state index is 3.60. The molecule has 0 unspecified atom stereocenters. The highest BCUT2D eigenvalue weighted by Gasteiger charge is 2.09. The Morgan fingerprint density at radius 2 is 0.722 bits per heavy atom. The van der Waals surface area contributed by atoms with Crippen molar-refractivity contribution in [1.82, 2.24) is 41.7 Å². The van der Waals surface area contributed by atoms with Gasteiger partial charge < -0.3 is 31.9 Å². The van der Waals surface area contributed by atoms with E-state index in [1.54, 1.807) is 0 Å². The molecular weight excluding hydrogens is 448 g/mol. The maximum Gasteiger partial charge on any atom is 0.0234 e. The number of rotatable bonds is 4. The van der Waals surface area contributed by atoms with E-state index in [0.29, 0.717) is 0 Å². The van der Waals surface area contributed by atoms with Crippen LogP contribution < -0.4 is 31.9 Å². The highest BCUT2D eigenvalue weighted by atomic mass is 15.1. The van der Waals surface area contributed by atoms with Crippen molar-refractivity contribution in [2.24, 2.45) is 0 Å². The molecule has 6 N–H and O–H groups in total. The first-order chi connectivity index (χ1) is 17.9. The van der Waals surface area contributed by atoms with E-state index in [9.17, 15) is 0 Å². The Hall–Kier alpha value is -1.10. The fourth-order valence-electron chi connectivity index (χ4n) is 4.91. The molecule has 0 radical (unpaired) electrons. The first-order valence-electron chi connectivity index (χ1n) is 14.7. The molecule has 2 fully saturated rings. The van der Waals surface area contributed by atoms with Crippen LogP contribution in [0, 0.1) is 0 Å². The van der Waals surface area contributed by atoms with Gasteiger partial charge in [-0.15, -0.1) is 0 Å². The summed E-state index contributed by atoms with van der Waals surface area (Å²) in [4.78, 5) is 5.24. The summed E-state index contributed by atoms with van der Waals surface area (Å²) in [5.41, 5.74) is 2.86. The molecule has 2 saturated heterocycles. The van der Waals surface area contributed by atoms with E-state index < -0.39 is 0 Å². The van der Waals surface area contributed by atoms with Gasteiger partial charge in [-0.25, -0.2) is 0 Å². The number of hydrogen-bond donors (Lipinski definition) is 6. The second-order valence-electron chi connectivity index (χ2n) is 10.3. The van der Waals surface area contributed by atoms with Crippen molar-refractivity contribution in [3.05, 3.63) is 35.4 Å². The zero-order valence-corrected chi connectivity index (χ0v) is 22.8. The summed E-state index contributed by atoms with van der Waals surface area (Å²) in [6, 6.07) is 9.43. The van der Waals surface area contributed by atoms with E-state index in [-0.39, 0.29) is 0 Å². The lowest BCUT2D eigenvalue weighted by Crippen LogP contribution is -2.38. The Kier molecular flexibility index (Phi) is 16.3. The zero-order chi connectivity index (χ0) is 24.9. The minimum absolute atomic E-state index is 1.04. The largest absolute Gasteiger partial charge is 0.315 e. The Bertz CT molecular complexity index is 558. The molecule has 206 valence electrons. The minimum Gasteiger partial charge on any atom is -0.315 e. The lowest BCUT2D eigenvalue weighted by atomic mass is 10.1. The van der Waals surface area contributed by atoms with Crippen molar-refractivity contribution in [1.29, 1.82) is 0 Å². The molecular formula is C28H54N8. The summed E-state index contributed by atoms with van der Waals surface area (Å²) in [6.07, 6.45) is 5.01. The smallest absolute Gasteiger partial charge is 0.0234 e. The van der Waals surface area contributed by atoms with Crippen LogP contribution in [0.1, 0.15) is 36.8 Å². The summed E-state index contributed by atoms with van der Waals surface area (Å²) in [5.74, 6) is 0. The standard InChI is InChI=1S/C28H54N8/c1-3-21-35(23-19-33-17-15-31-13-11-29-9-1)25-27-5-7-28(8-6-27)26-36-22-4-2-10-30-12-14-32-16-18-34-20-24-36/h5-8,29-34H,1-4,9-26H2. The third kappa shape index (κ3) is 14.0. The van der Waals surface area contributed by atoms with Crippen LogP contribution in [-0.2, 0) is 13.1 Å². The summed E-state index contributed by atoms with van der Waals surface area (Å²) in [7, 11) is 0. The Balaban J connectivity index is 1.45. The lowest BCUT2D eigenvalue weighted by Gasteiger charge is -2.24. The van der Waals surface area contributed by atoms with Crippen molar-refractivity contribution < 1.29 is 0 Å². The van der Waals surface area contributed by atoms with Gasteiger partial charge in [-0.3, -0.25) is 9.80 Å². The number of nitrogens with zero attached hydrogens (tertiary/aromatic N) is 2. The average Bonchev–Trinajstić information content (AvgIpc) is 2.89. The zero-order valence-electron chi connectivity index (χ0n) is 22.8. The van der Waals surface area contributed by atoms with E-state index in [1.807, 2.05) is 0 Å². The van der Waals surface area contributed by atoms with Gasteiger partial charge in [0.05, 0.1) is 0 Å². The number of benzene rings is 1. The van der Waals surface area contributed by atoms with E-state index in [0.717, 1.165) is 105 Å². The van der Waals surface area contributed by atoms with Crippen LogP contribution in [0.5, 0.6) is 0 Å². The van der Waals surface area contributed by atoms with Crippen molar-refractivity contribution in [2.75, 3.05) is 105 Å². The van der Waals surface area contributed by atoms with Gasteiger partial charge in [0.25, 0.3) is 0 Å². The van der Waals surface area contributed by atoms with Gasteiger partial charge in [0.15, 0.2) is 0 Å². The molecule has 0 bridgehead atoms. The van der Waals surface area contributed by atoms with Gasteiger partial charge in [0.2, 0.25) is 0 Å². The lowest BCUT2D eigenvalue weighted by molar-refractivity contribution is 0.256. The predicted molar refractivity (Wildman–Crippen MR) is 153 cm³/mol. The average molecular weight is 503 g/mol. The molecule has 0 amide bonds. The molecule has 0 aliphatic carbocycles. The van der Waals surface area contributed by atoms with Gasteiger partial charge in [-0.05, 0) is 63.0 Å². The maximum absolute atomic E-state index is 3.60. The predicted octanol–water partition coefficient (Wildman–Crippen LogP) is 0.416. The second-order valence-corrected chi connectivity index (χ2v) is 10.3. The second kappa shape index (κ2) is 19.9. The summed E-state index contributed by atoms with van der Waals surface area (Å²) < 4.78 is 0. The van der Waals surface area contributed by atoms with Crippen molar-refractivity contribution in [3.8, 4) is 0 Å². The van der Waals surface area contributed by atoms with Crippen LogP contribution in [-0.4, -0.2) is 115 Å². The molecule has 0 saturated carbocycles. The molecule has 0 atom stereocenters. The van der Waals surface area contributed by atoms with Gasteiger partial charge >= 0.3 is 0 Å². The van der Waals surface area contributed by atoms with Gasteiger partial charge in [-0.1, -0.05) is 24.3 Å². The van der Waals surface area contributed by atoms with Gasteiger partial charge in [0, 0.05) is 91.6 Å². The molecule has 8 heteroatoms. The SMILES string of the molecule is c1cc(CN2CCCCNCCNCCNCC2)ccc1CN1CCCCNCCNCCNCC1. The molecule has 8 nitrogen and oxygen atoms in total. The third-order valence-electron chi connectivity index (χ3n) is 7.11. The molecule has 2 aliphatic heterocycles. The van der Waals surface area contributed by atoms with Crippen LogP contribution in [0.25, 0.3) is 0 Å². The minimum atomic E-state index is 1.04. The van der Waals surface area contributed by atoms with Gasteiger partial charge in [0.1, 0.15) is 0 Å². The monoisotopic (exact) mass is 502 g/mol. The summed E-state index contributed by atoms with van der Waals surface area (Å²) in [5, 5.41) is 21.3. The first kappa shape index (κ1) is 29.5. The quantitative estimate of drug-likeness (QED) is 0.354. The summed E-state index contributed by atoms with van der Waals surface area (Å²) in [6.45, 7) is 19.5. The van der Waals surface area contributed by atoms with Crippen molar-refractivity contribution in [2.45, 2.75) is 38.8 Å². The first-order valence-corrected chi connectivity index (χ1v) is 14.7. The van der Waals surface area contributed by atoms with Crippen molar-refractivity contribution in [3.63, 3.8) is 0 Å². The summed E-state index contributed by atoms with van der Waals surface area (Å²) >= 11 is 0. The molecule has 0 aromatic heterocycles. The van der Waals surface area contributed by atoms with E-state index in [1.165, 1.54) is 49.9 Å². The topological polar surface area (TPSA) is 78.7 Å². The Morgan fingerprint density at radius 3 is 1.11 bits per heavy atom. The molecule has 36 heavy (non-hydrogen) atoms. The molecule has 0 spiro atoms. The van der Waals surface area contributed by atoms with E-state index in [4.69, 9.17) is 0 Å². The fourth-order valence-corrected chi connectivity index (χ4v) is 4.91. The van der Waals surface area contributed by atoms with Crippen LogP contribution in [0.15, 0.2) is 24.3 Å². The molecule has 1 aromatic carbocycles. The van der Waals surface area contributed by atoms with E-state index >= 15 is 0 Å². The third-order valence-corrected chi connectivity index (χ3v) is 7.11. The Labute approximate surface area is 220 Å². The molecule has 2 heterocycles. The Morgan fingerprint density at radius 1 is 0.389 bits per heavy atom. The number of hydrogen-bond acceptors (Lipinski definition) is 8. The van der Waals surface area contributed by atoms with Crippen LogP contribution in [0.4, 0.5) is 0 Å². The fraction of sp³-hybridized carbons (Fsp3) is 0.786. The van der Waals surface area contributed by atoms with Crippen LogP contribution >= 0.6 is 0 Å². The molecule has 3 rings (SSSR count). The van der Waals surface area contributed by atoms with Crippen LogP contribution in [0.3, 0.4) is 0 Å². The highest BCUT2D eigenvalue weighted by molar-refractivity contribution is 5.22. The molecule has 2 aliphatic rings. The normalized spacial score (nSPS) is 22.9. The van der Waals surface area contributed by atoms with Crippen LogP contribution in [0.2, 0.25) is 0 Å². The van der Waals surface area contributed by atoms with Crippen molar-refractivity contribution >= 4 is 0 Å². The number of nitrogens with one attached hydrogen (secondary N) is 6.